The van der Waals surface area contributed by atoms with Gasteiger partial charge in [-0.15, -0.1) is 30.6 Å². The van der Waals surface area contributed by atoms with Crippen molar-refractivity contribution in [3.63, 3.8) is 0 Å². The molecule has 2 aliphatic rings. The molecule has 26 rings (SSSR count). The zero-order valence-corrected chi connectivity index (χ0v) is 83.6. The molecule has 24 aromatic rings. The maximum atomic E-state index is 6.02. The standard InChI is InChI=1S/C19H19N7.C18H18N8.2C18H20N8.2C15H14N8/c1-12-3-2-4-15-16(9-18(20)21-19(12)15)17-11-25(24-22-17)10-13-7-8-26(23-13)14-5-6-14;1-11-3-2-4-14-16(11)20-18(19)21-17(14)15-10-25(24-22-15)9-12-7-8-26(23-12)13-5-6-13;1-11(2)26-8-7-13(23-26)9-25-10-15(22-24-25)17-14-6-4-5-12(3)16(14)20-18(19)21-17;1-11(2)26-13(7-8-20-26)9-25-10-15(23-24-25)17-14-6-4-5-12(3)16(14)21-18(19)22-17;2*1-9-3-2-4-11-13(9)18-15(16)19-14(11)12-8-23(22-21-12)7-10-5-6-17-20-10/h2-4,7-9,11,14H,5-6,10H2,1H3,(H2,20,21);2-4,7-8,10,13H,5-6,9H2,1H3,(H2,19,20,21);4-8,10-11H,9H2,1-3H3,(H2,19,20,21);4-8,10-11H,9H2,1-3H3,(H2,19,21,22);2*2-6,8H,7H2,1H3,(H,17,20)(H2,16,18,19). The lowest BCUT2D eigenvalue weighted by Crippen LogP contribution is -2.11. The van der Waals surface area contributed by atoms with Gasteiger partial charge < -0.3 is 34.4 Å². The van der Waals surface area contributed by atoms with Crippen molar-refractivity contribution in [3.05, 3.63) is 294 Å². The Labute approximate surface area is 855 Å². The summed E-state index contributed by atoms with van der Waals surface area (Å²) >= 11 is 0. The summed E-state index contributed by atoms with van der Waals surface area (Å²) in [6, 6.07) is 51.3. The van der Waals surface area contributed by atoms with E-state index in [1.54, 1.807) is 42.0 Å². The minimum Gasteiger partial charge on any atom is -0.384 e. The average molecular weight is 2000 g/mol. The number of nitrogens with zero attached hydrogens (tertiary/aromatic N) is 39. The first-order valence-electron chi connectivity index (χ1n) is 48.6. The molecular formula is C103H105N47. The maximum Gasteiger partial charge on any atom is 0.221 e. The van der Waals surface area contributed by atoms with Gasteiger partial charge in [0.1, 0.15) is 68.5 Å². The molecule has 47 nitrogen and oxygen atoms in total. The average Bonchev–Trinajstić information content (AvgIpc) is 1.54. The topological polar surface area (TPSA) is 611 Å². The number of aryl methyl sites for hydroxylation is 6. The second-order valence-electron chi connectivity index (χ2n) is 37.3. The van der Waals surface area contributed by atoms with E-state index in [4.69, 9.17) is 34.4 Å². The third kappa shape index (κ3) is 21.5. The molecule has 2 aliphatic carbocycles. The Hall–Kier alpha value is -19.7. The number of rotatable bonds is 22. The predicted octanol–water partition coefficient (Wildman–Crippen LogP) is 13.6. The zero-order valence-electron chi connectivity index (χ0n) is 83.6. The lowest BCUT2D eigenvalue weighted by atomic mass is 10.0. The summed E-state index contributed by atoms with van der Waals surface area (Å²) in [4.78, 5) is 48.1. The summed E-state index contributed by atoms with van der Waals surface area (Å²) in [6.45, 7) is 23.8. The van der Waals surface area contributed by atoms with Crippen LogP contribution in [-0.2, 0) is 39.3 Å². The second kappa shape index (κ2) is 41.6. The Balaban J connectivity index is 0.000000105. The van der Waals surface area contributed by atoms with E-state index in [1.165, 1.54) is 25.7 Å². The fourth-order valence-electron chi connectivity index (χ4n) is 17.5. The fraction of sp³-hybridized carbons (Fsp3) is 0.233. The highest BCUT2D eigenvalue weighted by atomic mass is 15.5. The quantitative estimate of drug-likeness (QED) is 0.0312. The number of hydrogen-bond donors (Lipinski definition) is 8. The second-order valence-corrected chi connectivity index (χ2v) is 37.3. The van der Waals surface area contributed by atoms with Gasteiger partial charge >= 0.3 is 0 Å². The van der Waals surface area contributed by atoms with Gasteiger partial charge in [0.05, 0.1) is 156 Å². The molecule has 2 fully saturated rings. The highest BCUT2D eigenvalue weighted by molar-refractivity contribution is 5.99. The predicted molar refractivity (Wildman–Crippen MR) is 566 cm³/mol. The van der Waals surface area contributed by atoms with Crippen molar-refractivity contribution < 1.29 is 0 Å². The highest BCUT2D eigenvalue weighted by Crippen LogP contribution is 2.38. The first-order valence-corrected chi connectivity index (χ1v) is 48.6. The van der Waals surface area contributed by atoms with Gasteiger partial charge in [-0.1, -0.05) is 140 Å². The third-order valence-corrected chi connectivity index (χ3v) is 25.2. The molecule has 0 unspecified atom stereocenters. The number of aromatic nitrogens is 41. The lowest BCUT2D eigenvalue weighted by Gasteiger charge is -2.10. The van der Waals surface area contributed by atoms with Crippen LogP contribution < -0.4 is 34.4 Å². The number of nitrogens with one attached hydrogen (secondary N) is 2. The number of hydrogen-bond acceptors (Lipinski definition) is 35. The third-order valence-electron chi connectivity index (χ3n) is 25.2. The molecule has 0 atom stereocenters. The SMILES string of the molecule is Cc1cccc2c(-c3cn(Cc4ccn(C(C)C)n4)nn3)nc(N)nc12.Cc1cccc2c(-c3cn(Cc4ccn(C5CC5)n4)nn3)cc(N)nc12.Cc1cccc2c(-c3cn(Cc4ccn(C5CC5)n4)nn3)nc(N)nc12.Cc1cccc2c(-c3cn(Cc4ccn[nH]4)nn3)nc(N)nc12.Cc1cccc2c(-c3cn(Cc4ccn[nH]4)nn3)nc(N)nc12.Cc1cccc2c(-c3cn(Cc4ccnn4C(C)C)nn3)nc(N)nc12. The summed E-state index contributed by atoms with van der Waals surface area (Å²) < 4.78 is 18.6. The Morgan fingerprint density at radius 2 is 0.613 bits per heavy atom. The van der Waals surface area contributed by atoms with Crippen LogP contribution >= 0.6 is 0 Å². The number of nitrogen functional groups attached to an aromatic ring is 6. The summed E-state index contributed by atoms with van der Waals surface area (Å²) in [5.74, 6) is 1.63. The van der Waals surface area contributed by atoms with Crippen molar-refractivity contribution in [1.29, 1.82) is 0 Å². The van der Waals surface area contributed by atoms with E-state index in [-0.39, 0.29) is 35.8 Å². The normalized spacial score (nSPS) is 12.3. The Morgan fingerprint density at radius 3 is 0.933 bits per heavy atom. The molecule has 0 bridgehead atoms. The monoisotopic (exact) mass is 2000 g/mol. The highest BCUT2D eigenvalue weighted by Gasteiger charge is 2.28. The van der Waals surface area contributed by atoms with Gasteiger partial charge in [0.15, 0.2) is 0 Å². The van der Waals surface area contributed by atoms with Crippen LogP contribution in [0.5, 0.6) is 0 Å². The van der Waals surface area contributed by atoms with E-state index >= 15 is 0 Å². The summed E-state index contributed by atoms with van der Waals surface area (Å²) in [5, 5.41) is 88.3. The number of H-pyrrole nitrogens is 2. The molecule has 0 saturated heterocycles. The molecule has 752 valence electrons. The molecule has 47 heteroatoms. The number of anilines is 6. The van der Waals surface area contributed by atoms with E-state index < -0.39 is 0 Å². The number of pyridine rings is 1. The molecule has 0 aliphatic heterocycles. The van der Waals surface area contributed by atoms with Gasteiger partial charge in [-0.3, -0.25) is 28.9 Å². The summed E-state index contributed by atoms with van der Waals surface area (Å²) in [7, 11) is 0. The first kappa shape index (κ1) is 96.5. The van der Waals surface area contributed by atoms with Crippen LogP contribution in [0, 0.1) is 41.5 Å². The Morgan fingerprint density at radius 1 is 0.307 bits per heavy atom. The maximum absolute atomic E-state index is 6.02. The van der Waals surface area contributed by atoms with Crippen LogP contribution in [-0.4, -0.2) is 204 Å². The lowest BCUT2D eigenvalue weighted by molar-refractivity contribution is 0.490. The van der Waals surface area contributed by atoms with E-state index in [9.17, 15) is 0 Å². The molecule has 0 amide bonds. The Kier molecular flexibility index (Phi) is 26.7. The van der Waals surface area contributed by atoms with E-state index in [0.29, 0.717) is 120 Å². The Bertz CT molecular complexity index is 8380. The molecule has 18 aromatic heterocycles. The van der Waals surface area contributed by atoms with Crippen LogP contribution in [0.1, 0.15) is 145 Å². The molecule has 6 aromatic carbocycles. The summed E-state index contributed by atoms with van der Waals surface area (Å²) in [6.07, 6.45) is 27.4. The molecule has 14 N–H and O–H groups in total. The number of benzene rings is 6. The van der Waals surface area contributed by atoms with Crippen molar-refractivity contribution in [1.82, 2.24) is 204 Å². The van der Waals surface area contributed by atoms with E-state index in [0.717, 1.165) is 144 Å². The van der Waals surface area contributed by atoms with Gasteiger partial charge in [-0.2, -0.15) is 30.6 Å². The molecule has 0 spiro atoms. The molecular weight excluding hydrogens is 1900 g/mol. The van der Waals surface area contributed by atoms with Gasteiger partial charge in [0, 0.05) is 87.1 Å². The molecule has 0 radical (unpaired) electrons. The van der Waals surface area contributed by atoms with E-state index in [2.05, 4.69) is 185 Å². The van der Waals surface area contributed by atoms with Gasteiger partial charge in [-0.25, -0.2) is 82.9 Å². The van der Waals surface area contributed by atoms with Gasteiger partial charge in [0.25, 0.3) is 0 Å². The first-order chi connectivity index (χ1) is 72.8. The van der Waals surface area contributed by atoms with Crippen molar-refractivity contribution in [2.45, 2.75) is 158 Å². The molecule has 2 saturated carbocycles. The number of fused-ring (bicyclic) bond motifs is 6. The number of aromatic amines is 2. The van der Waals surface area contributed by atoms with Crippen molar-refractivity contribution in [2.24, 2.45) is 0 Å². The van der Waals surface area contributed by atoms with Crippen LogP contribution in [0.2, 0.25) is 0 Å². The van der Waals surface area contributed by atoms with Crippen molar-refractivity contribution >= 4 is 101 Å². The molecule has 150 heavy (non-hydrogen) atoms. The largest absolute Gasteiger partial charge is 0.384 e. The van der Waals surface area contributed by atoms with Gasteiger partial charge in [0.2, 0.25) is 29.7 Å². The van der Waals surface area contributed by atoms with Crippen molar-refractivity contribution in [2.75, 3.05) is 34.4 Å². The summed E-state index contributed by atoms with van der Waals surface area (Å²) in [5.41, 5.74) is 61.2. The minimum absolute atomic E-state index is 0.227. The van der Waals surface area contributed by atoms with Crippen molar-refractivity contribution in [3.8, 4) is 68.2 Å². The van der Waals surface area contributed by atoms with E-state index in [1.807, 2.05) is 272 Å². The molecule has 18 heterocycles. The van der Waals surface area contributed by atoms with Crippen LogP contribution in [0.4, 0.5) is 35.6 Å². The number of para-hydroxylation sites is 6. The number of nitrogens with two attached hydrogens (primary N) is 6. The fourth-order valence-corrected chi connectivity index (χ4v) is 17.5. The van der Waals surface area contributed by atoms with Crippen LogP contribution in [0.15, 0.2) is 226 Å². The van der Waals surface area contributed by atoms with Crippen LogP contribution in [0.3, 0.4) is 0 Å². The smallest absolute Gasteiger partial charge is 0.221 e. The van der Waals surface area contributed by atoms with Gasteiger partial charge in [-0.05, 0) is 171 Å². The minimum atomic E-state index is 0.227. The zero-order chi connectivity index (χ0) is 103. The van der Waals surface area contributed by atoms with Crippen LogP contribution in [0.25, 0.3) is 134 Å².